The Morgan fingerprint density at radius 3 is 2.50 bits per heavy atom. The molecule has 8 heteroatoms. The van der Waals surface area contributed by atoms with E-state index in [1.807, 2.05) is 73.7 Å². The number of carbonyl (C=O) groups excluding carboxylic acids is 1. The second-order valence-corrected chi connectivity index (χ2v) is 9.16. The van der Waals surface area contributed by atoms with E-state index in [0.717, 1.165) is 16.9 Å². The molecule has 0 fully saturated rings. The topological polar surface area (TPSA) is 83.0 Å². The quantitative estimate of drug-likeness (QED) is 0.376. The highest BCUT2D eigenvalue weighted by Crippen LogP contribution is 2.35. The summed E-state index contributed by atoms with van der Waals surface area (Å²) in [6.45, 7) is 3.80. The van der Waals surface area contributed by atoms with Crippen molar-refractivity contribution in [2.24, 2.45) is 4.99 Å². The first-order chi connectivity index (χ1) is 17.5. The molecule has 4 aromatic rings. The highest BCUT2D eigenvalue weighted by molar-refractivity contribution is 7.07. The van der Waals surface area contributed by atoms with Crippen molar-refractivity contribution in [3.05, 3.63) is 115 Å². The second kappa shape index (κ2) is 9.83. The third-order valence-corrected chi connectivity index (χ3v) is 6.82. The van der Waals surface area contributed by atoms with Crippen LogP contribution in [-0.2, 0) is 9.53 Å². The van der Waals surface area contributed by atoms with Crippen LogP contribution in [0.4, 0.5) is 0 Å². The van der Waals surface area contributed by atoms with Gasteiger partial charge in [0.15, 0.2) is 4.80 Å². The van der Waals surface area contributed by atoms with Gasteiger partial charge in [0.1, 0.15) is 17.3 Å². The zero-order chi connectivity index (χ0) is 25.2. The number of nitrogens with zero attached hydrogens (tertiary/aromatic N) is 2. The number of esters is 1. The minimum atomic E-state index is -0.734. The van der Waals surface area contributed by atoms with E-state index < -0.39 is 12.0 Å². The average Bonchev–Trinajstić information content (AvgIpc) is 3.45. The summed E-state index contributed by atoms with van der Waals surface area (Å²) in [5.41, 5.74) is 2.03. The lowest BCUT2D eigenvalue weighted by molar-refractivity contribution is -0.138. The molecule has 182 valence electrons. The van der Waals surface area contributed by atoms with Crippen LogP contribution in [0.25, 0.3) is 11.8 Å². The Balaban J connectivity index is 1.82. The molecule has 1 atom stereocenters. The number of carbonyl (C=O) groups is 1. The zero-order valence-corrected chi connectivity index (χ0v) is 20.9. The van der Waals surface area contributed by atoms with Crippen LogP contribution in [0.3, 0.4) is 0 Å². The Labute approximate surface area is 211 Å². The van der Waals surface area contributed by atoms with Gasteiger partial charge in [-0.25, -0.2) is 9.79 Å². The largest absolute Gasteiger partial charge is 0.497 e. The molecule has 7 nitrogen and oxygen atoms in total. The van der Waals surface area contributed by atoms with E-state index in [9.17, 15) is 9.59 Å². The molecule has 36 heavy (non-hydrogen) atoms. The van der Waals surface area contributed by atoms with Crippen LogP contribution in [0.15, 0.2) is 86.5 Å². The number of aryl methyl sites for hydroxylation is 1. The fourth-order valence-corrected chi connectivity index (χ4v) is 5.18. The fraction of sp³-hybridized carbons (Fsp3) is 0.179. The van der Waals surface area contributed by atoms with Gasteiger partial charge in [-0.05, 0) is 43.7 Å². The number of benzene rings is 2. The second-order valence-electron chi connectivity index (χ2n) is 8.15. The number of thiazole rings is 1. The van der Waals surface area contributed by atoms with Crippen molar-refractivity contribution >= 4 is 29.1 Å². The van der Waals surface area contributed by atoms with E-state index in [1.54, 1.807) is 24.7 Å². The van der Waals surface area contributed by atoms with Gasteiger partial charge < -0.3 is 13.9 Å². The Morgan fingerprint density at radius 1 is 1.11 bits per heavy atom. The van der Waals surface area contributed by atoms with Crippen LogP contribution < -0.4 is 19.6 Å². The van der Waals surface area contributed by atoms with Crippen LogP contribution in [0, 0.1) is 6.92 Å². The van der Waals surface area contributed by atoms with Gasteiger partial charge in [0, 0.05) is 11.6 Å². The summed E-state index contributed by atoms with van der Waals surface area (Å²) in [6.07, 6.45) is 1.71. The van der Waals surface area contributed by atoms with Crippen molar-refractivity contribution in [3.8, 4) is 5.75 Å². The lowest BCUT2D eigenvalue weighted by Gasteiger charge is -2.26. The summed E-state index contributed by atoms with van der Waals surface area (Å²) in [5.74, 6) is 1.48. The van der Waals surface area contributed by atoms with Gasteiger partial charge in [-0.1, -0.05) is 53.8 Å². The van der Waals surface area contributed by atoms with Crippen molar-refractivity contribution in [2.75, 3.05) is 13.7 Å². The van der Waals surface area contributed by atoms with E-state index in [0.29, 0.717) is 32.1 Å². The summed E-state index contributed by atoms with van der Waals surface area (Å²) >= 11 is 1.25. The third kappa shape index (κ3) is 4.31. The summed E-state index contributed by atoms with van der Waals surface area (Å²) in [5, 5.41) is 0. The smallest absolute Gasteiger partial charge is 0.338 e. The van der Waals surface area contributed by atoms with Crippen molar-refractivity contribution in [2.45, 2.75) is 19.9 Å². The van der Waals surface area contributed by atoms with Gasteiger partial charge in [0.05, 0.1) is 35.6 Å². The zero-order valence-electron chi connectivity index (χ0n) is 20.1. The molecular weight excluding hydrogens is 476 g/mol. The molecule has 0 bridgehead atoms. The molecule has 2 aromatic carbocycles. The Bertz CT molecular complexity index is 1630. The number of hydrogen-bond donors (Lipinski definition) is 0. The third-order valence-electron chi connectivity index (χ3n) is 5.84. The lowest BCUT2D eigenvalue weighted by atomic mass is 9.93. The minimum Gasteiger partial charge on any atom is -0.497 e. The Hall–Kier alpha value is -4.17. The molecule has 0 saturated carbocycles. The first-order valence-corrected chi connectivity index (χ1v) is 12.3. The number of methoxy groups -OCH3 is 1. The van der Waals surface area contributed by atoms with E-state index in [4.69, 9.17) is 18.9 Å². The molecule has 3 heterocycles. The molecule has 1 aliphatic heterocycles. The summed E-state index contributed by atoms with van der Waals surface area (Å²) in [7, 11) is 1.59. The highest BCUT2D eigenvalue weighted by Gasteiger charge is 2.35. The fourth-order valence-electron chi connectivity index (χ4n) is 4.20. The maximum atomic E-state index is 13.7. The molecule has 0 saturated heterocycles. The van der Waals surface area contributed by atoms with Crippen molar-refractivity contribution < 1.29 is 18.7 Å². The van der Waals surface area contributed by atoms with Crippen molar-refractivity contribution in [1.82, 2.24) is 4.57 Å². The first kappa shape index (κ1) is 23.6. The number of ether oxygens (including phenoxy) is 2. The predicted molar refractivity (Wildman–Crippen MR) is 137 cm³/mol. The lowest BCUT2D eigenvalue weighted by Crippen LogP contribution is -2.40. The summed E-state index contributed by atoms with van der Waals surface area (Å²) in [4.78, 5) is 32.5. The molecule has 2 aromatic heterocycles. The number of rotatable bonds is 6. The SMILES string of the molecule is CCOC(=O)C1=C(c2ccccc2)N=c2s/c(=C\c3ccc(C)o3)c(=O)n2[C@H]1c1ccc(OC)cc1. The van der Waals surface area contributed by atoms with E-state index in [1.165, 1.54) is 11.3 Å². The Morgan fingerprint density at radius 2 is 1.86 bits per heavy atom. The van der Waals surface area contributed by atoms with Crippen molar-refractivity contribution in [3.63, 3.8) is 0 Å². The molecule has 1 aliphatic rings. The highest BCUT2D eigenvalue weighted by atomic mass is 32.1. The number of aromatic nitrogens is 1. The Kier molecular flexibility index (Phi) is 6.43. The monoisotopic (exact) mass is 500 g/mol. The van der Waals surface area contributed by atoms with E-state index in [2.05, 4.69) is 0 Å². The van der Waals surface area contributed by atoms with Crippen LogP contribution >= 0.6 is 11.3 Å². The predicted octanol–water partition coefficient (Wildman–Crippen LogP) is 3.85. The maximum absolute atomic E-state index is 13.7. The standard InChI is InChI=1S/C28H24N2O5S/c1-4-34-27(32)23-24(18-8-6-5-7-9-18)29-28-30(25(23)19-11-14-20(33-3)15-12-19)26(31)22(36-28)16-21-13-10-17(2)35-21/h5-16,25H,4H2,1-3H3/b22-16-/t25-/m0/s1. The molecule has 0 amide bonds. The maximum Gasteiger partial charge on any atom is 0.338 e. The number of fused-ring (bicyclic) bond motifs is 1. The summed E-state index contributed by atoms with van der Waals surface area (Å²) < 4.78 is 18.5. The van der Waals surface area contributed by atoms with Crippen molar-refractivity contribution in [1.29, 1.82) is 0 Å². The van der Waals surface area contributed by atoms with Crippen LogP contribution in [0.1, 0.15) is 35.6 Å². The van der Waals surface area contributed by atoms with Gasteiger partial charge >= 0.3 is 5.97 Å². The van der Waals surface area contributed by atoms with Gasteiger partial charge in [-0.2, -0.15) is 0 Å². The van der Waals surface area contributed by atoms with Gasteiger partial charge in [0.25, 0.3) is 5.56 Å². The van der Waals surface area contributed by atoms with E-state index in [-0.39, 0.29) is 12.2 Å². The van der Waals surface area contributed by atoms with E-state index >= 15 is 0 Å². The molecule has 0 spiro atoms. The summed E-state index contributed by atoms with van der Waals surface area (Å²) in [6, 6.07) is 19.7. The van der Waals surface area contributed by atoms with Crippen LogP contribution in [0.5, 0.6) is 5.75 Å². The first-order valence-electron chi connectivity index (χ1n) is 11.5. The van der Waals surface area contributed by atoms with Gasteiger partial charge in [-0.15, -0.1) is 0 Å². The average molecular weight is 501 g/mol. The molecule has 5 rings (SSSR count). The number of hydrogen-bond acceptors (Lipinski definition) is 7. The number of furan rings is 1. The molecule has 0 aliphatic carbocycles. The van der Waals surface area contributed by atoms with Gasteiger partial charge in [0.2, 0.25) is 0 Å². The molecular formula is C28H24N2O5S. The minimum absolute atomic E-state index is 0.196. The molecule has 0 unspecified atom stereocenters. The van der Waals surface area contributed by atoms with Gasteiger partial charge in [-0.3, -0.25) is 9.36 Å². The normalized spacial score (nSPS) is 15.4. The molecule has 0 N–H and O–H groups in total. The van der Waals surface area contributed by atoms with Crippen LogP contribution in [0.2, 0.25) is 0 Å². The van der Waals surface area contributed by atoms with Crippen LogP contribution in [-0.4, -0.2) is 24.3 Å². The molecule has 0 radical (unpaired) electrons.